The number of hydrogen-bond donors (Lipinski definition) is 0. The van der Waals surface area contributed by atoms with E-state index in [0.29, 0.717) is 0 Å². The van der Waals surface area contributed by atoms with Crippen molar-refractivity contribution in [2.45, 2.75) is 6.92 Å². The van der Waals surface area contributed by atoms with Crippen LogP contribution in [0.3, 0.4) is 0 Å². The SMILES string of the molecule is C/C(=N\N=c1/sc2ccccc2n1C)c1ccccc1Br. The average Bonchev–Trinajstić information content (AvgIpc) is 2.82. The van der Waals surface area contributed by atoms with Gasteiger partial charge in [-0.1, -0.05) is 57.6 Å². The Morgan fingerprint density at radius 3 is 2.57 bits per heavy atom. The van der Waals surface area contributed by atoms with Gasteiger partial charge in [0.15, 0.2) is 0 Å². The van der Waals surface area contributed by atoms with Gasteiger partial charge in [0.25, 0.3) is 0 Å². The van der Waals surface area contributed by atoms with Crippen LogP contribution in [0.5, 0.6) is 0 Å². The third-order valence-corrected chi connectivity index (χ3v) is 5.06. The highest BCUT2D eigenvalue weighted by molar-refractivity contribution is 9.10. The number of aryl methyl sites for hydroxylation is 1. The van der Waals surface area contributed by atoms with E-state index in [4.69, 9.17) is 0 Å². The predicted molar refractivity (Wildman–Crippen MR) is 92.7 cm³/mol. The molecule has 0 atom stereocenters. The van der Waals surface area contributed by atoms with Crippen LogP contribution in [-0.2, 0) is 7.05 Å². The second-order valence-electron chi connectivity index (χ2n) is 4.68. The van der Waals surface area contributed by atoms with Crippen LogP contribution >= 0.6 is 27.3 Å². The molecule has 21 heavy (non-hydrogen) atoms. The Hall–Kier alpha value is -1.72. The normalized spacial score (nSPS) is 13.1. The molecule has 0 amide bonds. The molecule has 0 bridgehead atoms. The first-order valence-corrected chi connectivity index (χ1v) is 8.15. The summed E-state index contributed by atoms with van der Waals surface area (Å²) in [5.74, 6) is 0. The summed E-state index contributed by atoms with van der Waals surface area (Å²) < 4.78 is 4.31. The molecule has 0 saturated heterocycles. The first-order chi connectivity index (χ1) is 10.2. The van der Waals surface area contributed by atoms with Crippen LogP contribution in [-0.4, -0.2) is 10.3 Å². The van der Waals surface area contributed by atoms with Crippen LogP contribution < -0.4 is 4.80 Å². The van der Waals surface area contributed by atoms with E-state index in [1.165, 1.54) is 10.2 Å². The van der Waals surface area contributed by atoms with Gasteiger partial charge in [-0.2, -0.15) is 5.10 Å². The molecule has 0 unspecified atom stereocenters. The van der Waals surface area contributed by atoms with Crippen molar-refractivity contribution in [2.75, 3.05) is 0 Å². The lowest BCUT2D eigenvalue weighted by Crippen LogP contribution is -2.09. The summed E-state index contributed by atoms with van der Waals surface area (Å²) in [5, 5.41) is 8.79. The average molecular weight is 360 g/mol. The lowest BCUT2D eigenvalue weighted by Gasteiger charge is -2.00. The molecule has 3 aromatic rings. The second kappa shape index (κ2) is 5.95. The van der Waals surface area contributed by atoms with Gasteiger partial charge in [-0.25, -0.2) is 0 Å². The number of aromatic nitrogens is 1. The Kier molecular flexibility index (Phi) is 4.03. The third kappa shape index (κ3) is 2.84. The van der Waals surface area contributed by atoms with Gasteiger partial charge in [0, 0.05) is 17.1 Å². The minimum atomic E-state index is 0.889. The molecule has 0 N–H and O–H groups in total. The fourth-order valence-electron chi connectivity index (χ4n) is 2.10. The molecule has 0 aliphatic heterocycles. The highest BCUT2D eigenvalue weighted by Gasteiger charge is 2.03. The summed E-state index contributed by atoms with van der Waals surface area (Å²) in [6.07, 6.45) is 0. The smallest absolute Gasteiger partial charge is 0.211 e. The molecule has 106 valence electrons. The van der Waals surface area contributed by atoms with E-state index in [1.54, 1.807) is 11.3 Å². The topological polar surface area (TPSA) is 29.6 Å². The number of halogens is 1. The van der Waals surface area contributed by atoms with E-state index >= 15 is 0 Å². The molecular formula is C16H14BrN3S. The van der Waals surface area contributed by atoms with E-state index in [0.717, 1.165) is 20.5 Å². The van der Waals surface area contributed by atoms with Gasteiger partial charge < -0.3 is 4.57 Å². The van der Waals surface area contributed by atoms with Crippen molar-refractivity contribution in [2.24, 2.45) is 17.3 Å². The number of para-hydroxylation sites is 1. The molecule has 2 aromatic carbocycles. The number of nitrogens with zero attached hydrogens (tertiary/aromatic N) is 3. The molecule has 0 spiro atoms. The minimum Gasteiger partial charge on any atom is -0.318 e. The van der Waals surface area contributed by atoms with Crippen molar-refractivity contribution < 1.29 is 0 Å². The van der Waals surface area contributed by atoms with Crippen LogP contribution in [0.2, 0.25) is 0 Å². The van der Waals surface area contributed by atoms with Crippen molar-refractivity contribution in [3.63, 3.8) is 0 Å². The Bertz CT molecular complexity index is 890. The van der Waals surface area contributed by atoms with Crippen LogP contribution in [0.25, 0.3) is 10.2 Å². The second-order valence-corrected chi connectivity index (χ2v) is 6.54. The van der Waals surface area contributed by atoms with E-state index < -0.39 is 0 Å². The standard InChI is InChI=1S/C16H14BrN3S/c1-11(12-7-3-4-8-13(12)17)18-19-16-20(2)14-9-5-6-10-15(14)21-16/h3-10H,1-2H3/b18-11+,19-16-. The van der Waals surface area contributed by atoms with Crippen molar-refractivity contribution in [3.8, 4) is 0 Å². The van der Waals surface area contributed by atoms with Crippen LogP contribution in [0, 0.1) is 0 Å². The number of benzene rings is 2. The van der Waals surface area contributed by atoms with Crippen LogP contribution in [0.1, 0.15) is 12.5 Å². The largest absolute Gasteiger partial charge is 0.318 e. The minimum absolute atomic E-state index is 0.889. The van der Waals surface area contributed by atoms with E-state index in [1.807, 2.05) is 50.4 Å². The summed E-state index contributed by atoms with van der Waals surface area (Å²) in [6.45, 7) is 1.97. The summed E-state index contributed by atoms with van der Waals surface area (Å²) >= 11 is 5.18. The Morgan fingerprint density at radius 1 is 1.10 bits per heavy atom. The quantitative estimate of drug-likeness (QED) is 0.481. The van der Waals surface area contributed by atoms with Crippen molar-refractivity contribution in [1.82, 2.24) is 4.57 Å². The van der Waals surface area contributed by atoms with Gasteiger partial charge in [-0.15, -0.1) is 5.10 Å². The molecule has 3 rings (SSSR count). The summed E-state index contributed by atoms with van der Waals surface area (Å²) in [4.78, 5) is 0.891. The third-order valence-electron chi connectivity index (χ3n) is 3.26. The molecule has 3 nitrogen and oxygen atoms in total. The van der Waals surface area contributed by atoms with Crippen molar-refractivity contribution >= 4 is 43.2 Å². The van der Waals surface area contributed by atoms with Crippen LogP contribution in [0.4, 0.5) is 0 Å². The highest BCUT2D eigenvalue weighted by atomic mass is 79.9. The fraction of sp³-hybridized carbons (Fsp3) is 0.125. The van der Waals surface area contributed by atoms with E-state index in [2.05, 4.69) is 42.8 Å². The molecule has 0 fully saturated rings. The fourth-order valence-corrected chi connectivity index (χ4v) is 3.65. The molecule has 0 aliphatic carbocycles. The monoisotopic (exact) mass is 359 g/mol. The Morgan fingerprint density at radius 2 is 1.81 bits per heavy atom. The van der Waals surface area contributed by atoms with E-state index in [9.17, 15) is 0 Å². The van der Waals surface area contributed by atoms with Gasteiger partial charge in [0.05, 0.1) is 15.9 Å². The highest BCUT2D eigenvalue weighted by Crippen LogP contribution is 2.17. The molecule has 0 aliphatic rings. The molecule has 5 heteroatoms. The number of thiazole rings is 1. The Balaban J connectivity index is 2.07. The summed E-state index contributed by atoms with van der Waals surface area (Å²) in [7, 11) is 2.01. The Labute approximate surface area is 135 Å². The predicted octanol–water partition coefficient (Wildman–Crippen LogP) is 4.33. The first kappa shape index (κ1) is 14.2. The lowest BCUT2D eigenvalue weighted by molar-refractivity contribution is 0.888. The van der Waals surface area contributed by atoms with E-state index in [-0.39, 0.29) is 0 Å². The molecule has 0 radical (unpaired) electrons. The number of hydrogen-bond acceptors (Lipinski definition) is 3. The maximum atomic E-state index is 4.41. The molecule has 0 saturated carbocycles. The van der Waals surface area contributed by atoms with Gasteiger partial charge >= 0.3 is 0 Å². The van der Waals surface area contributed by atoms with Gasteiger partial charge in [-0.3, -0.25) is 0 Å². The summed E-state index contributed by atoms with van der Waals surface area (Å²) in [6, 6.07) is 16.3. The molecule has 1 heterocycles. The molecular weight excluding hydrogens is 346 g/mol. The van der Waals surface area contributed by atoms with Gasteiger partial charge in [-0.05, 0) is 25.1 Å². The van der Waals surface area contributed by atoms with Gasteiger partial charge in [0.1, 0.15) is 0 Å². The zero-order valence-corrected chi connectivity index (χ0v) is 14.1. The van der Waals surface area contributed by atoms with Crippen LogP contribution in [0.15, 0.2) is 63.2 Å². The molecule has 1 aromatic heterocycles. The number of rotatable bonds is 2. The zero-order valence-electron chi connectivity index (χ0n) is 11.7. The first-order valence-electron chi connectivity index (χ1n) is 6.54. The summed E-state index contributed by atoms with van der Waals surface area (Å²) in [5.41, 5.74) is 3.12. The lowest BCUT2D eigenvalue weighted by atomic mass is 10.1. The van der Waals surface area contributed by atoms with Crippen molar-refractivity contribution in [3.05, 3.63) is 63.4 Å². The van der Waals surface area contributed by atoms with Crippen molar-refractivity contribution in [1.29, 1.82) is 0 Å². The van der Waals surface area contributed by atoms with Gasteiger partial charge in [0.2, 0.25) is 4.80 Å². The maximum absolute atomic E-state index is 4.41. The zero-order chi connectivity index (χ0) is 14.8. The maximum Gasteiger partial charge on any atom is 0.211 e. The number of fused-ring (bicyclic) bond motifs is 1.